The first-order valence-electron chi connectivity index (χ1n) is 5.36. The fourth-order valence-electron chi connectivity index (χ4n) is 2.15. The predicted octanol–water partition coefficient (Wildman–Crippen LogP) is 3.87. The van der Waals surface area contributed by atoms with E-state index >= 15 is 0 Å². The first-order chi connectivity index (χ1) is 8.40. The van der Waals surface area contributed by atoms with E-state index in [1.807, 2.05) is 36.4 Å². The van der Waals surface area contributed by atoms with Gasteiger partial charge in [0.05, 0.1) is 0 Å². The minimum atomic E-state index is -0.530. The molecule has 0 heterocycles. The Bertz CT molecular complexity index is 679. The second-order valence-electron chi connectivity index (χ2n) is 3.83. The zero-order valence-electron chi connectivity index (χ0n) is 9.05. The van der Waals surface area contributed by atoms with Crippen LogP contribution in [0, 0.1) is 0 Å². The summed E-state index contributed by atoms with van der Waals surface area (Å²) in [6.45, 7) is 0. The fraction of sp³-hybridized carbons (Fsp3) is 0. The summed E-state index contributed by atoms with van der Waals surface area (Å²) in [5.41, 5.74) is 0. The normalized spacial score (nSPS) is 11.6. The quantitative estimate of drug-likeness (QED) is 0.546. The summed E-state index contributed by atoms with van der Waals surface area (Å²) in [4.78, 5) is 8.96. The van der Waals surface area contributed by atoms with Gasteiger partial charge in [-0.3, -0.25) is 0 Å². The van der Waals surface area contributed by atoms with Gasteiger partial charge in [-0.05, 0) is 22.2 Å². The van der Waals surface area contributed by atoms with Gasteiger partial charge in [0.25, 0.3) is 0 Å². The van der Waals surface area contributed by atoms with E-state index < -0.39 is 9.03 Å². The molecule has 2 nitrogen and oxygen atoms in total. The van der Waals surface area contributed by atoms with Crippen LogP contribution in [0.25, 0.3) is 21.5 Å². The molecule has 0 fully saturated rings. The molecule has 3 aromatic rings. The molecule has 0 amide bonds. The summed E-state index contributed by atoms with van der Waals surface area (Å²) in [5.74, 6) is 0.736. The van der Waals surface area contributed by atoms with Gasteiger partial charge in [0, 0.05) is 5.39 Å². The van der Waals surface area contributed by atoms with Crippen molar-refractivity contribution < 1.29 is 9.42 Å². The smallest absolute Gasteiger partial charge is 0.212 e. The Balaban J connectivity index is 2.45. The van der Waals surface area contributed by atoms with Crippen LogP contribution in [0.15, 0.2) is 54.6 Å². The number of benzene rings is 3. The Kier molecular flexibility index (Phi) is 2.68. The van der Waals surface area contributed by atoms with Gasteiger partial charge >= 0.3 is 0 Å². The van der Waals surface area contributed by atoms with Crippen LogP contribution in [0.2, 0.25) is 0 Å². The molecule has 0 saturated heterocycles. The molecule has 3 aromatic carbocycles. The van der Waals surface area contributed by atoms with E-state index in [0.29, 0.717) is 0 Å². The fourth-order valence-corrected chi connectivity index (χ4v) is 2.42. The molecule has 0 aliphatic carbocycles. The van der Waals surface area contributed by atoms with Gasteiger partial charge < -0.3 is 9.42 Å². The van der Waals surface area contributed by atoms with Gasteiger partial charge in [0.1, 0.15) is 5.75 Å². The van der Waals surface area contributed by atoms with Crippen molar-refractivity contribution >= 4 is 30.6 Å². The summed E-state index contributed by atoms with van der Waals surface area (Å²) >= 11 is 0. The average Bonchev–Trinajstić information content (AvgIpc) is 2.39. The molecule has 0 saturated carbocycles. The monoisotopic (exact) mass is 242 g/mol. The summed E-state index contributed by atoms with van der Waals surface area (Å²) in [5, 5.41) is 4.52. The van der Waals surface area contributed by atoms with Gasteiger partial charge in [0.15, 0.2) is 0 Å². The predicted molar refractivity (Wildman–Crippen MR) is 72.6 cm³/mol. The summed E-state index contributed by atoms with van der Waals surface area (Å²) in [6, 6.07) is 18.2. The van der Waals surface area contributed by atoms with Crippen LogP contribution >= 0.6 is 9.03 Å². The molecule has 84 valence electrons. The second-order valence-corrected chi connectivity index (χ2v) is 4.22. The van der Waals surface area contributed by atoms with Crippen LogP contribution in [0.1, 0.15) is 0 Å². The summed E-state index contributed by atoms with van der Waals surface area (Å²) in [6.07, 6.45) is 0. The number of rotatable bonds is 2. The van der Waals surface area contributed by atoms with Gasteiger partial charge in [-0.2, -0.15) is 0 Å². The topological polar surface area (TPSA) is 29.5 Å². The lowest BCUT2D eigenvalue weighted by Crippen LogP contribution is -1.83. The average molecular weight is 242 g/mol. The largest absolute Gasteiger partial charge is 0.449 e. The van der Waals surface area contributed by atoms with E-state index in [1.54, 1.807) is 0 Å². The van der Waals surface area contributed by atoms with E-state index in [1.165, 1.54) is 5.39 Å². The number of hydrogen-bond donors (Lipinski definition) is 1. The zero-order valence-corrected chi connectivity index (χ0v) is 10.1. The van der Waals surface area contributed by atoms with Crippen LogP contribution in [-0.2, 0) is 0 Å². The van der Waals surface area contributed by atoms with Crippen LogP contribution in [0.3, 0.4) is 0 Å². The van der Waals surface area contributed by atoms with Crippen LogP contribution in [-0.4, -0.2) is 4.89 Å². The zero-order chi connectivity index (χ0) is 11.7. The third-order valence-electron chi connectivity index (χ3n) is 2.89. The molecule has 3 rings (SSSR count). The van der Waals surface area contributed by atoms with Gasteiger partial charge in [-0.15, -0.1) is 0 Å². The van der Waals surface area contributed by atoms with Crippen molar-refractivity contribution in [3.63, 3.8) is 0 Å². The molecule has 1 atom stereocenters. The van der Waals surface area contributed by atoms with Crippen LogP contribution in [0.4, 0.5) is 0 Å². The van der Waals surface area contributed by atoms with E-state index in [0.717, 1.165) is 21.9 Å². The summed E-state index contributed by atoms with van der Waals surface area (Å²) in [7, 11) is -0.530. The highest BCUT2D eigenvalue weighted by molar-refractivity contribution is 7.25. The lowest BCUT2D eigenvalue weighted by atomic mass is 10.0. The molecule has 3 heteroatoms. The van der Waals surface area contributed by atoms with Gasteiger partial charge in [-0.1, -0.05) is 48.5 Å². The Morgan fingerprint density at radius 1 is 0.824 bits per heavy atom. The van der Waals surface area contributed by atoms with Crippen molar-refractivity contribution in [2.24, 2.45) is 0 Å². The minimum Gasteiger partial charge on any atom is -0.449 e. The molecule has 1 unspecified atom stereocenters. The molecule has 0 aliphatic heterocycles. The Hall–Kier alpha value is -1.63. The molecule has 0 aromatic heterocycles. The SMILES string of the molecule is OPOc1cc2ccccc2c2ccccc12. The van der Waals surface area contributed by atoms with E-state index in [4.69, 9.17) is 9.42 Å². The molecule has 0 aliphatic rings. The Morgan fingerprint density at radius 2 is 1.47 bits per heavy atom. The highest BCUT2D eigenvalue weighted by atomic mass is 31.1. The summed E-state index contributed by atoms with van der Waals surface area (Å²) < 4.78 is 5.31. The van der Waals surface area contributed by atoms with Crippen molar-refractivity contribution in [1.82, 2.24) is 0 Å². The number of fused-ring (bicyclic) bond motifs is 3. The van der Waals surface area contributed by atoms with E-state index in [9.17, 15) is 0 Å². The highest BCUT2D eigenvalue weighted by Gasteiger charge is 2.06. The van der Waals surface area contributed by atoms with Crippen molar-refractivity contribution in [2.45, 2.75) is 0 Å². The molecule has 1 N–H and O–H groups in total. The lowest BCUT2D eigenvalue weighted by Gasteiger charge is -2.09. The first-order valence-corrected chi connectivity index (χ1v) is 6.22. The number of hydrogen-bond acceptors (Lipinski definition) is 2. The lowest BCUT2D eigenvalue weighted by molar-refractivity contribution is 0.518. The standard InChI is InChI=1S/C14H11O2P/c15-17-16-14-9-10-5-1-2-6-11(10)12-7-3-4-8-13(12)14/h1-9,15,17H. The maximum atomic E-state index is 8.96. The molecule has 17 heavy (non-hydrogen) atoms. The van der Waals surface area contributed by atoms with Gasteiger partial charge in [-0.25, -0.2) is 0 Å². The molecule has 0 radical (unpaired) electrons. The van der Waals surface area contributed by atoms with Crippen LogP contribution in [0.5, 0.6) is 5.75 Å². The second kappa shape index (κ2) is 4.33. The van der Waals surface area contributed by atoms with E-state index in [-0.39, 0.29) is 0 Å². The first kappa shape index (κ1) is 10.5. The van der Waals surface area contributed by atoms with Gasteiger partial charge in [0.2, 0.25) is 9.03 Å². The maximum absolute atomic E-state index is 8.96. The Labute approximate surface area is 101 Å². The molecule has 0 spiro atoms. The third-order valence-corrected chi connectivity index (χ3v) is 3.20. The van der Waals surface area contributed by atoms with Crippen molar-refractivity contribution in [3.8, 4) is 5.75 Å². The van der Waals surface area contributed by atoms with Crippen molar-refractivity contribution in [3.05, 3.63) is 54.6 Å². The minimum absolute atomic E-state index is 0.530. The van der Waals surface area contributed by atoms with Crippen LogP contribution < -0.4 is 4.52 Å². The third kappa shape index (κ3) is 1.76. The van der Waals surface area contributed by atoms with Crippen molar-refractivity contribution in [2.75, 3.05) is 0 Å². The Morgan fingerprint density at radius 3 is 2.24 bits per heavy atom. The molecule has 0 bridgehead atoms. The van der Waals surface area contributed by atoms with Crippen molar-refractivity contribution in [1.29, 1.82) is 0 Å². The van der Waals surface area contributed by atoms with E-state index in [2.05, 4.69) is 18.2 Å². The maximum Gasteiger partial charge on any atom is 0.212 e. The molecular weight excluding hydrogens is 231 g/mol. The highest BCUT2D eigenvalue weighted by Crippen LogP contribution is 2.35. The molecular formula is C14H11O2P.